The lowest BCUT2D eigenvalue weighted by Crippen LogP contribution is -2.64. The Kier molecular flexibility index (Phi) is 5.07. The number of alkyl carbamates (subject to hydrolysis) is 2. The summed E-state index contributed by atoms with van der Waals surface area (Å²) in [5.74, 6) is -0.872. The number of amides is 2. The summed E-state index contributed by atoms with van der Waals surface area (Å²) in [5.41, 5.74) is -1.76. The van der Waals surface area contributed by atoms with E-state index in [1.54, 1.807) is 0 Å². The Morgan fingerprint density at radius 3 is 1.50 bits per heavy atom. The Balaban J connectivity index is 4.81. The fraction of sp³-hybridized carbons (Fsp3) is 0.625. The molecular weight excluding hydrogens is 220 g/mol. The first-order chi connectivity index (χ1) is 7.39. The minimum absolute atomic E-state index is 0.872. The van der Waals surface area contributed by atoms with E-state index in [0.717, 1.165) is 21.3 Å². The molecule has 2 N–H and O–H groups in total. The number of nitrogens with one attached hydrogen (secondary N) is 2. The molecule has 2 amide bonds. The molecule has 0 aromatic rings. The quantitative estimate of drug-likeness (QED) is 0.391. The van der Waals surface area contributed by atoms with Crippen LogP contribution >= 0.6 is 0 Å². The highest BCUT2D eigenvalue weighted by Crippen LogP contribution is 2.03. The lowest BCUT2D eigenvalue weighted by atomic mass is 10.2. The van der Waals surface area contributed by atoms with Gasteiger partial charge in [-0.05, 0) is 6.92 Å². The van der Waals surface area contributed by atoms with Crippen LogP contribution in [0.3, 0.4) is 0 Å². The largest absolute Gasteiger partial charge is 0.466 e. The van der Waals surface area contributed by atoms with E-state index in [2.05, 4.69) is 24.8 Å². The molecule has 92 valence electrons. The molecule has 0 fully saturated rings. The predicted octanol–water partition coefficient (Wildman–Crippen LogP) is -0.412. The molecule has 0 atom stereocenters. The van der Waals surface area contributed by atoms with Crippen molar-refractivity contribution in [3.63, 3.8) is 0 Å². The van der Waals surface area contributed by atoms with Crippen molar-refractivity contribution >= 4 is 18.2 Å². The highest BCUT2D eigenvalue weighted by atomic mass is 16.6. The number of carbonyl (C=O) groups excluding carboxylic acids is 3. The summed E-state index contributed by atoms with van der Waals surface area (Å²) in [6.07, 6.45) is -1.80. The van der Waals surface area contributed by atoms with Crippen molar-refractivity contribution in [2.24, 2.45) is 0 Å². The fourth-order valence-electron chi connectivity index (χ4n) is 0.848. The number of hydrogen-bond donors (Lipinski definition) is 2. The van der Waals surface area contributed by atoms with E-state index >= 15 is 0 Å². The Morgan fingerprint density at radius 2 is 1.25 bits per heavy atom. The van der Waals surface area contributed by atoms with Gasteiger partial charge in [-0.2, -0.15) is 0 Å². The maximum Gasteiger partial charge on any atom is 0.409 e. The third-order valence-electron chi connectivity index (χ3n) is 1.67. The van der Waals surface area contributed by atoms with Crippen LogP contribution < -0.4 is 10.6 Å². The second-order valence-corrected chi connectivity index (χ2v) is 2.85. The standard InChI is InChI=1S/C8H14N2O6/c1-8(5(11)14-2,9-6(12)15-3)10-7(13)16-4/h1-4H3,(H,9,12)(H,10,13). The van der Waals surface area contributed by atoms with Gasteiger partial charge in [0.1, 0.15) is 0 Å². The van der Waals surface area contributed by atoms with Gasteiger partial charge >= 0.3 is 18.2 Å². The van der Waals surface area contributed by atoms with E-state index in [0.29, 0.717) is 0 Å². The third-order valence-corrected chi connectivity index (χ3v) is 1.67. The topological polar surface area (TPSA) is 103 Å². The van der Waals surface area contributed by atoms with Gasteiger partial charge in [0.05, 0.1) is 21.3 Å². The molecule has 8 heteroatoms. The number of carbonyl (C=O) groups is 3. The molecular formula is C8H14N2O6. The van der Waals surface area contributed by atoms with Crippen LogP contribution in [0.1, 0.15) is 6.92 Å². The van der Waals surface area contributed by atoms with Crippen molar-refractivity contribution in [3.05, 3.63) is 0 Å². The summed E-state index contributed by atoms with van der Waals surface area (Å²) in [6, 6.07) is 0. The zero-order valence-electron chi connectivity index (χ0n) is 9.45. The molecule has 0 bridgehead atoms. The van der Waals surface area contributed by atoms with Gasteiger partial charge in [-0.25, -0.2) is 14.4 Å². The molecule has 0 aromatic carbocycles. The van der Waals surface area contributed by atoms with Crippen LogP contribution in [-0.2, 0) is 19.0 Å². The number of methoxy groups -OCH3 is 3. The molecule has 0 aliphatic heterocycles. The Hall–Kier alpha value is -1.99. The molecule has 16 heavy (non-hydrogen) atoms. The summed E-state index contributed by atoms with van der Waals surface area (Å²) < 4.78 is 13.0. The first-order valence-electron chi connectivity index (χ1n) is 4.20. The van der Waals surface area contributed by atoms with E-state index < -0.39 is 23.8 Å². The van der Waals surface area contributed by atoms with E-state index in [-0.39, 0.29) is 0 Å². The zero-order chi connectivity index (χ0) is 12.8. The molecule has 0 aliphatic carbocycles. The summed E-state index contributed by atoms with van der Waals surface area (Å²) >= 11 is 0. The van der Waals surface area contributed by atoms with E-state index in [4.69, 9.17) is 0 Å². The third kappa shape index (κ3) is 3.64. The molecule has 0 spiro atoms. The zero-order valence-corrected chi connectivity index (χ0v) is 9.45. The Morgan fingerprint density at radius 1 is 0.875 bits per heavy atom. The first kappa shape index (κ1) is 14.0. The van der Waals surface area contributed by atoms with Crippen molar-refractivity contribution in [1.29, 1.82) is 0 Å². The van der Waals surface area contributed by atoms with Crippen LogP contribution in [0.4, 0.5) is 9.59 Å². The first-order valence-corrected chi connectivity index (χ1v) is 4.20. The number of rotatable bonds is 3. The van der Waals surface area contributed by atoms with Gasteiger partial charge in [0.2, 0.25) is 5.66 Å². The average Bonchev–Trinajstić information content (AvgIpc) is 2.27. The molecule has 0 radical (unpaired) electrons. The lowest BCUT2D eigenvalue weighted by Gasteiger charge is -2.27. The maximum absolute atomic E-state index is 11.4. The van der Waals surface area contributed by atoms with Gasteiger partial charge in [0, 0.05) is 0 Å². The van der Waals surface area contributed by atoms with E-state index in [1.165, 1.54) is 6.92 Å². The van der Waals surface area contributed by atoms with Crippen LogP contribution in [0, 0.1) is 0 Å². The van der Waals surface area contributed by atoms with Crippen LogP contribution in [0.25, 0.3) is 0 Å². The minimum atomic E-state index is -1.76. The van der Waals surface area contributed by atoms with E-state index in [9.17, 15) is 14.4 Å². The van der Waals surface area contributed by atoms with Gasteiger partial charge in [-0.3, -0.25) is 10.6 Å². The summed E-state index contributed by atoms with van der Waals surface area (Å²) in [4.78, 5) is 33.3. The van der Waals surface area contributed by atoms with Gasteiger partial charge in [-0.1, -0.05) is 0 Å². The van der Waals surface area contributed by atoms with Gasteiger partial charge in [-0.15, -0.1) is 0 Å². The molecule has 0 saturated carbocycles. The average molecular weight is 234 g/mol. The van der Waals surface area contributed by atoms with Gasteiger partial charge in [0.15, 0.2) is 0 Å². The van der Waals surface area contributed by atoms with Crippen molar-refractivity contribution in [3.8, 4) is 0 Å². The molecule has 0 heterocycles. The second kappa shape index (κ2) is 5.79. The number of esters is 1. The Bertz CT molecular complexity index is 272. The predicted molar refractivity (Wildman–Crippen MR) is 51.5 cm³/mol. The lowest BCUT2D eigenvalue weighted by molar-refractivity contribution is -0.148. The molecule has 0 aromatic heterocycles. The van der Waals surface area contributed by atoms with Crippen LogP contribution in [0.5, 0.6) is 0 Å². The normalized spacial score (nSPS) is 10.0. The molecule has 0 aliphatic rings. The summed E-state index contributed by atoms with van der Waals surface area (Å²) in [7, 11) is 3.34. The van der Waals surface area contributed by atoms with E-state index in [1.807, 2.05) is 0 Å². The van der Waals surface area contributed by atoms with Crippen LogP contribution in [-0.4, -0.2) is 45.1 Å². The van der Waals surface area contributed by atoms with Crippen LogP contribution in [0.15, 0.2) is 0 Å². The van der Waals surface area contributed by atoms with Crippen molar-refractivity contribution < 1.29 is 28.6 Å². The minimum Gasteiger partial charge on any atom is -0.466 e. The molecule has 8 nitrogen and oxygen atoms in total. The highest BCUT2D eigenvalue weighted by molar-refractivity contribution is 5.88. The second-order valence-electron chi connectivity index (χ2n) is 2.85. The smallest absolute Gasteiger partial charge is 0.409 e. The molecule has 0 saturated heterocycles. The van der Waals surface area contributed by atoms with Gasteiger partial charge < -0.3 is 14.2 Å². The molecule has 0 rings (SSSR count). The van der Waals surface area contributed by atoms with Crippen molar-refractivity contribution in [2.45, 2.75) is 12.6 Å². The number of ether oxygens (including phenoxy) is 3. The summed E-state index contributed by atoms with van der Waals surface area (Å²) in [5, 5.41) is 4.22. The highest BCUT2D eigenvalue weighted by Gasteiger charge is 2.38. The van der Waals surface area contributed by atoms with Gasteiger partial charge in [0.25, 0.3) is 0 Å². The fourth-order valence-corrected chi connectivity index (χ4v) is 0.848. The summed E-state index contributed by atoms with van der Waals surface area (Å²) in [6.45, 7) is 1.23. The SMILES string of the molecule is COC(=O)NC(C)(NC(=O)OC)C(=O)OC. The number of hydrogen-bond acceptors (Lipinski definition) is 6. The maximum atomic E-state index is 11.4. The van der Waals surface area contributed by atoms with Crippen molar-refractivity contribution in [2.75, 3.05) is 21.3 Å². The monoisotopic (exact) mass is 234 g/mol. The molecule has 0 unspecified atom stereocenters. The van der Waals surface area contributed by atoms with Crippen LogP contribution in [0.2, 0.25) is 0 Å². The Labute approximate surface area is 92.2 Å². The van der Waals surface area contributed by atoms with Crippen molar-refractivity contribution in [1.82, 2.24) is 10.6 Å².